The van der Waals surface area contributed by atoms with Gasteiger partial charge in [0, 0.05) is 26.8 Å². The molecule has 0 bridgehead atoms. The van der Waals surface area contributed by atoms with Crippen LogP contribution in [0.5, 0.6) is 0 Å². The predicted molar refractivity (Wildman–Crippen MR) is 62.6 cm³/mol. The van der Waals surface area contributed by atoms with Crippen LogP contribution in [0, 0.1) is 0 Å². The van der Waals surface area contributed by atoms with Crippen molar-refractivity contribution in [3.63, 3.8) is 0 Å². The van der Waals surface area contributed by atoms with Gasteiger partial charge in [0.25, 0.3) is 5.91 Å². The monoisotopic (exact) mass is 238 g/mol. The topological polar surface area (TPSA) is 70.4 Å². The molecule has 1 aromatic heterocycles. The van der Waals surface area contributed by atoms with E-state index in [1.807, 2.05) is 0 Å². The SMILES string of the molecule is CN(CC1(O)CCNC1)C(=O)c1ccnn1C. The van der Waals surface area contributed by atoms with Gasteiger partial charge in [0.15, 0.2) is 0 Å². The summed E-state index contributed by atoms with van der Waals surface area (Å²) in [5, 5.41) is 17.3. The van der Waals surface area contributed by atoms with Gasteiger partial charge in [-0.2, -0.15) is 5.10 Å². The van der Waals surface area contributed by atoms with Gasteiger partial charge in [-0.25, -0.2) is 0 Å². The first kappa shape index (κ1) is 12.1. The van der Waals surface area contributed by atoms with Crippen LogP contribution in [0.2, 0.25) is 0 Å². The summed E-state index contributed by atoms with van der Waals surface area (Å²) < 4.78 is 1.54. The van der Waals surface area contributed by atoms with E-state index in [4.69, 9.17) is 0 Å². The number of likely N-dealkylation sites (N-methyl/N-ethyl adjacent to an activating group) is 1. The van der Waals surface area contributed by atoms with E-state index in [1.54, 1.807) is 31.3 Å². The van der Waals surface area contributed by atoms with E-state index >= 15 is 0 Å². The number of rotatable bonds is 3. The van der Waals surface area contributed by atoms with Gasteiger partial charge in [-0.15, -0.1) is 0 Å². The highest BCUT2D eigenvalue weighted by Crippen LogP contribution is 2.16. The quantitative estimate of drug-likeness (QED) is 0.724. The molecule has 17 heavy (non-hydrogen) atoms. The molecule has 6 nitrogen and oxygen atoms in total. The number of β-amino-alcohol motifs (C(OH)–C–C–N with tert-alkyl or cyclic N) is 1. The first-order valence-electron chi connectivity index (χ1n) is 5.68. The highest BCUT2D eigenvalue weighted by molar-refractivity contribution is 5.92. The number of amides is 1. The Labute approximate surface area is 100 Å². The van der Waals surface area contributed by atoms with Crippen LogP contribution in [0.15, 0.2) is 12.3 Å². The number of hydrogen-bond acceptors (Lipinski definition) is 4. The molecule has 1 unspecified atom stereocenters. The molecule has 0 spiro atoms. The van der Waals surface area contributed by atoms with Crippen molar-refractivity contribution in [2.45, 2.75) is 12.0 Å². The van der Waals surface area contributed by atoms with Crippen molar-refractivity contribution >= 4 is 5.91 Å². The van der Waals surface area contributed by atoms with Crippen LogP contribution >= 0.6 is 0 Å². The number of carbonyl (C=O) groups excluding carboxylic acids is 1. The lowest BCUT2D eigenvalue weighted by Crippen LogP contribution is -2.45. The second-order valence-corrected chi connectivity index (χ2v) is 4.65. The Bertz CT molecular complexity index is 409. The van der Waals surface area contributed by atoms with Crippen LogP contribution in [0.3, 0.4) is 0 Å². The fourth-order valence-electron chi connectivity index (χ4n) is 2.16. The van der Waals surface area contributed by atoms with Crippen LogP contribution in [-0.4, -0.2) is 58.0 Å². The van der Waals surface area contributed by atoms with E-state index in [1.165, 1.54) is 4.68 Å². The zero-order valence-electron chi connectivity index (χ0n) is 10.2. The van der Waals surface area contributed by atoms with Crippen LogP contribution in [0.1, 0.15) is 16.9 Å². The zero-order chi connectivity index (χ0) is 12.5. The summed E-state index contributed by atoms with van der Waals surface area (Å²) in [6, 6.07) is 1.68. The van der Waals surface area contributed by atoms with Crippen molar-refractivity contribution in [2.75, 3.05) is 26.7 Å². The number of aromatic nitrogens is 2. The molecule has 1 fully saturated rings. The molecule has 2 rings (SSSR count). The Balaban J connectivity index is 2.03. The van der Waals surface area contributed by atoms with Crippen molar-refractivity contribution in [3.05, 3.63) is 18.0 Å². The molecule has 6 heteroatoms. The van der Waals surface area contributed by atoms with Crippen molar-refractivity contribution in [1.82, 2.24) is 20.0 Å². The van der Waals surface area contributed by atoms with Crippen LogP contribution in [-0.2, 0) is 7.05 Å². The van der Waals surface area contributed by atoms with Gasteiger partial charge in [-0.1, -0.05) is 0 Å². The fraction of sp³-hybridized carbons (Fsp3) is 0.636. The smallest absolute Gasteiger partial charge is 0.271 e. The first-order valence-corrected chi connectivity index (χ1v) is 5.68. The van der Waals surface area contributed by atoms with E-state index in [0.29, 0.717) is 25.2 Å². The Morgan fingerprint density at radius 2 is 2.53 bits per heavy atom. The molecule has 1 saturated heterocycles. The summed E-state index contributed by atoms with van der Waals surface area (Å²) in [7, 11) is 3.43. The third-order valence-electron chi connectivity index (χ3n) is 3.14. The maximum atomic E-state index is 12.1. The first-order chi connectivity index (χ1) is 8.02. The lowest BCUT2D eigenvalue weighted by molar-refractivity contribution is 0.0248. The standard InChI is InChI=1S/C11H18N4O2/c1-14(8-11(17)4-6-12-7-11)10(16)9-3-5-13-15(9)2/h3,5,12,17H,4,6-8H2,1-2H3. The maximum absolute atomic E-state index is 12.1. The van der Waals surface area contributed by atoms with E-state index < -0.39 is 5.60 Å². The molecule has 1 atom stereocenters. The highest BCUT2D eigenvalue weighted by atomic mass is 16.3. The Kier molecular flexibility index (Phi) is 3.17. The summed E-state index contributed by atoms with van der Waals surface area (Å²) in [5.74, 6) is -0.120. The Morgan fingerprint density at radius 1 is 1.76 bits per heavy atom. The minimum atomic E-state index is -0.803. The summed E-state index contributed by atoms with van der Waals surface area (Å²) in [6.45, 7) is 1.67. The Hall–Kier alpha value is -1.40. The molecule has 0 radical (unpaired) electrons. The molecular weight excluding hydrogens is 220 g/mol. The Morgan fingerprint density at radius 3 is 3.06 bits per heavy atom. The average molecular weight is 238 g/mol. The number of hydrogen-bond donors (Lipinski definition) is 2. The van der Waals surface area contributed by atoms with Gasteiger partial charge in [0.2, 0.25) is 0 Å². The molecule has 1 amide bonds. The fourth-order valence-corrected chi connectivity index (χ4v) is 2.16. The molecular formula is C11H18N4O2. The van der Waals surface area contributed by atoms with Gasteiger partial charge >= 0.3 is 0 Å². The van der Waals surface area contributed by atoms with E-state index in [9.17, 15) is 9.90 Å². The molecule has 0 aliphatic carbocycles. The molecule has 0 saturated carbocycles. The molecule has 2 heterocycles. The van der Waals surface area contributed by atoms with Gasteiger partial charge in [0.05, 0.1) is 12.1 Å². The summed E-state index contributed by atoms with van der Waals surface area (Å²) >= 11 is 0. The van der Waals surface area contributed by atoms with Crippen LogP contribution < -0.4 is 5.32 Å². The molecule has 1 aliphatic rings. The molecule has 1 aromatic rings. The summed E-state index contributed by atoms with van der Waals surface area (Å²) in [4.78, 5) is 13.6. The number of nitrogens with zero attached hydrogens (tertiary/aromatic N) is 3. The van der Waals surface area contributed by atoms with Gasteiger partial charge in [0.1, 0.15) is 5.69 Å². The number of aryl methyl sites for hydroxylation is 1. The molecule has 0 aromatic carbocycles. The highest BCUT2D eigenvalue weighted by Gasteiger charge is 2.33. The average Bonchev–Trinajstić information content (AvgIpc) is 2.86. The zero-order valence-corrected chi connectivity index (χ0v) is 10.2. The molecule has 1 aliphatic heterocycles. The van der Waals surface area contributed by atoms with Gasteiger partial charge in [-0.05, 0) is 19.0 Å². The second kappa shape index (κ2) is 4.46. The number of aliphatic hydroxyl groups is 1. The van der Waals surface area contributed by atoms with Crippen LogP contribution in [0.25, 0.3) is 0 Å². The number of carbonyl (C=O) groups is 1. The molecule has 2 N–H and O–H groups in total. The largest absolute Gasteiger partial charge is 0.387 e. The van der Waals surface area contributed by atoms with Crippen LogP contribution in [0.4, 0.5) is 0 Å². The summed E-state index contributed by atoms with van der Waals surface area (Å²) in [5.41, 5.74) is -0.273. The van der Waals surface area contributed by atoms with Crippen molar-refractivity contribution < 1.29 is 9.90 Å². The van der Waals surface area contributed by atoms with E-state index in [2.05, 4.69) is 10.4 Å². The van der Waals surface area contributed by atoms with Crippen molar-refractivity contribution in [3.8, 4) is 0 Å². The van der Waals surface area contributed by atoms with Gasteiger partial charge < -0.3 is 15.3 Å². The van der Waals surface area contributed by atoms with E-state index in [-0.39, 0.29) is 5.91 Å². The van der Waals surface area contributed by atoms with E-state index in [0.717, 1.165) is 6.54 Å². The molecule has 94 valence electrons. The minimum absolute atomic E-state index is 0.120. The van der Waals surface area contributed by atoms with Gasteiger partial charge in [-0.3, -0.25) is 9.48 Å². The second-order valence-electron chi connectivity index (χ2n) is 4.65. The predicted octanol–water partition coefficient (Wildman–Crippen LogP) is -0.783. The maximum Gasteiger partial charge on any atom is 0.271 e. The lowest BCUT2D eigenvalue weighted by atomic mass is 10.0. The summed E-state index contributed by atoms with van der Waals surface area (Å²) in [6.07, 6.45) is 2.27. The number of nitrogens with one attached hydrogen (secondary N) is 1. The van der Waals surface area contributed by atoms with Crippen molar-refractivity contribution in [2.24, 2.45) is 7.05 Å². The third-order valence-corrected chi connectivity index (χ3v) is 3.14. The normalized spacial score (nSPS) is 23.9. The third kappa shape index (κ3) is 2.48. The lowest BCUT2D eigenvalue weighted by Gasteiger charge is -2.27. The minimum Gasteiger partial charge on any atom is -0.387 e. The van der Waals surface area contributed by atoms with Crippen molar-refractivity contribution in [1.29, 1.82) is 0 Å².